The number of nitriles is 1. The number of likely N-dealkylation sites (N-methyl/N-ethyl adjacent to an activating group) is 1. The van der Waals surface area contributed by atoms with Gasteiger partial charge in [-0.15, -0.1) is 0 Å². The first-order valence-corrected chi connectivity index (χ1v) is 14.8. The largest absolute Gasteiger partial charge is 0.497 e. The van der Waals surface area contributed by atoms with Gasteiger partial charge in [0, 0.05) is 45.5 Å². The van der Waals surface area contributed by atoms with Crippen molar-refractivity contribution in [2.24, 2.45) is 0 Å². The van der Waals surface area contributed by atoms with Gasteiger partial charge in [0.15, 0.2) is 23.1 Å². The maximum absolute atomic E-state index is 14.0. The second-order valence-electron chi connectivity index (χ2n) is 11.9. The van der Waals surface area contributed by atoms with E-state index < -0.39 is 53.5 Å². The fourth-order valence-electron chi connectivity index (χ4n) is 7.74. The highest BCUT2D eigenvalue weighted by Gasteiger charge is 2.60. The first-order valence-electron chi connectivity index (χ1n) is 14.8. The van der Waals surface area contributed by atoms with Gasteiger partial charge in [-0.1, -0.05) is 0 Å². The van der Waals surface area contributed by atoms with Gasteiger partial charge in [-0.05, 0) is 58.0 Å². The zero-order chi connectivity index (χ0) is 33.2. The van der Waals surface area contributed by atoms with Crippen molar-refractivity contribution in [2.75, 3.05) is 35.0 Å². The molecule has 12 nitrogen and oxygen atoms in total. The quantitative estimate of drug-likeness (QED) is 0.335. The van der Waals surface area contributed by atoms with E-state index in [4.69, 9.17) is 18.9 Å². The summed E-state index contributed by atoms with van der Waals surface area (Å²) in [5.41, 5.74) is 1.49. The lowest BCUT2D eigenvalue weighted by Gasteiger charge is -2.60. The minimum absolute atomic E-state index is 0.0142. The minimum atomic E-state index is -1.02. The predicted molar refractivity (Wildman–Crippen MR) is 160 cm³/mol. The summed E-state index contributed by atoms with van der Waals surface area (Å²) in [6.45, 7) is 2.69. The van der Waals surface area contributed by atoms with E-state index in [0.29, 0.717) is 11.3 Å². The van der Waals surface area contributed by atoms with Crippen molar-refractivity contribution < 1.29 is 42.9 Å². The fourth-order valence-corrected chi connectivity index (χ4v) is 7.74. The number of rotatable bonds is 6. The topological polar surface area (TPSA) is 153 Å². The molecule has 2 aliphatic carbocycles. The fraction of sp³-hybridized carbons (Fsp3) is 0.412. The summed E-state index contributed by atoms with van der Waals surface area (Å²) >= 11 is 0. The van der Waals surface area contributed by atoms with E-state index in [0.717, 1.165) is 0 Å². The number of benzene rings is 1. The Labute approximate surface area is 265 Å². The number of piperazine rings is 1. The van der Waals surface area contributed by atoms with Crippen LogP contribution in [-0.4, -0.2) is 104 Å². The third-order valence-electron chi connectivity index (χ3n) is 9.91. The van der Waals surface area contributed by atoms with Gasteiger partial charge in [-0.2, -0.15) is 5.26 Å². The summed E-state index contributed by atoms with van der Waals surface area (Å²) < 4.78 is 21.7. The zero-order valence-corrected chi connectivity index (χ0v) is 26.3. The van der Waals surface area contributed by atoms with Crippen molar-refractivity contribution >= 4 is 29.1 Å². The monoisotopic (exact) mass is 627 g/mol. The van der Waals surface area contributed by atoms with Crippen molar-refractivity contribution in [3.8, 4) is 11.8 Å². The average Bonchev–Trinajstić information content (AvgIpc) is 3.05. The highest BCUT2D eigenvalue weighted by atomic mass is 16.5. The molecule has 5 aliphatic rings. The SMILES string of the molecule is COC1=C(C)C(=O)C2=C(C1=O)[C@@H]1[C@@H]3CC4=C(C(=O)C(OC)=C(C)C4=O)[C@H](COC(=O)c4ccc(OC)cc4)N3[C@@H](C#N)[C@H](C2)N1C. The number of hydrogen-bond donors (Lipinski definition) is 0. The number of methoxy groups -OCH3 is 3. The highest BCUT2D eigenvalue weighted by molar-refractivity contribution is 6.26. The normalized spacial score (nSPS) is 28.1. The molecule has 1 aromatic carbocycles. The number of carbonyl (C=O) groups excluding carboxylic acids is 5. The molecular formula is C34H33N3O9. The maximum Gasteiger partial charge on any atom is 0.338 e. The molecule has 5 atom stereocenters. The van der Waals surface area contributed by atoms with Gasteiger partial charge in [-0.3, -0.25) is 29.0 Å². The molecule has 1 aromatic rings. The molecule has 0 aromatic heterocycles. The van der Waals surface area contributed by atoms with Crippen LogP contribution in [0.5, 0.6) is 5.75 Å². The predicted octanol–water partition coefficient (Wildman–Crippen LogP) is 2.01. The van der Waals surface area contributed by atoms with E-state index in [1.807, 2.05) is 4.90 Å². The molecule has 12 heteroatoms. The van der Waals surface area contributed by atoms with Gasteiger partial charge in [-0.25, -0.2) is 4.79 Å². The molecule has 1 fully saturated rings. The number of hydrogen-bond acceptors (Lipinski definition) is 12. The molecule has 1 saturated heterocycles. The smallest absolute Gasteiger partial charge is 0.338 e. The van der Waals surface area contributed by atoms with Crippen molar-refractivity contribution in [3.63, 3.8) is 0 Å². The van der Waals surface area contributed by atoms with Gasteiger partial charge in [0.05, 0.1) is 45.0 Å². The van der Waals surface area contributed by atoms with E-state index in [9.17, 15) is 29.2 Å². The lowest BCUT2D eigenvalue weighted by Crippen LogP contribution is -2.74. The molecule has 3 heterocycles. The number of fused-ring (bicyclic) bond motifs is 5. The number of esters is 1. The molecule has 3 aliphatic heterocycles. The molecule has 0 spiro atoms. The molecule has 46 heavy (non-hydrogen) atoms. The van der Waals surface area contributed by atoms with Crippen LogP contribution >= 0.6 is 0 Å². The zero-order valence-electron chi connectivity index (χ0n) is 26.3. The third kappa shape index (κ3) is 4.37. The summed E-state index contributed by atoms with van der Waals surface area (Å²) in [7, 11) is 5.94. The number of Topliss-reactive ketones (excluding diaryl/α,β-unsaturated/α-hetero) is 4. The Morgan fingerprint density at radius 3 is 1.91 bits per heavy atom. The molecule has 0 amide bonds. The maximum atomic E-state index is 14.0. The van der Waals surface area contributed by atoms with Crippen molar-refractivity contribution in [1.82, 2.24) is 9.80 Å². The van der Waals surface area contributed by atoms with Crippen LogP contribution in [0.2, 0.25) is 0 Å². The highest BCUT2D eigenvalue weighted by Crippen LogP contribution is 2.49. The van der Waals surface area contributed by atoms with Gasteiger partial charge in [0.25, 0.3) is 0 Å². The van der Waals surface area contributed by atoms with E-state index in [1.165, 1.54) is 28.3 Å². The molecule has 0 saturated carbocycles. The van der Waals surface area contributed by atoms with Gasteiger partial charge >= 0.3 is 5.97 Å². The minimum Gasteiger partial charge on any atom is -0.497 e. The Bertz CT molecular complexity index is 1770. The van der Waals surface area contributed by atoms with Crippen LogP contribution in [0.25, 0.3) is 0 Å². The van der Waals surface area contributed by atoms with E-state index >= 15 is 0 Å². The lowest BCUT2D eigenvalue weighted by atomic mass is 9.67. The van der Waals surface area contributed by atoms with Crippen LogP contribution in [-0.2, 0) is 33.4 Å². The molecule has 6 rings (SSSR count). The summed E-state index contributed by atoms with van der Waals surface area (Å²) in [5.74, 6) is -1.94. The number of allylic oxidation sites excluding steroid dienone is 4. The first kappa shape index (κ1) is 31.1. The third-order valence-corrected chi connectivity index (χ3v) is 9.91. The standard InChI is InChI=1S/C34H33N3O9/c1-15-28(38)19-12-22-27-26-20(29(39)16(2)33(45-6)31(26)41)11-21(36(27)3)23(13-35)37(22)24(25(19)30(40)32(15)44-5)14-46-34(42)17-7-9-18(43-4)10-8-17/h7-10,21-24,27H,11-12,14H2,1-6H3/t21-,22-,23-,24-,27-/m0/s1. The van der Waals surface area contributed by atoms with Crippen LogP contribution < -0.4 is 4.74 Å². The number of carbonyl (C=O) groups is 5. The Hall–Kier alpha value is -4.86. The number of ketones is 4. The molecular weight excluding hydrogens is 594 g/mol. The Balaban J connectivity index is 1.48. The average molecular weight is 628 g/mol. The Morgan fingerprint density at radius 1 is 0.826 bits per heavy atom. The van der Waals surface area contributed by atoms with E-state index in [2.05, 4.69) is 6.07 Å². The second kappa shape index (κ2) is 11.5. The molecule has 0 unspecified atom stereocenters. The summed E-state index contributed by atoms with van der Waals surface area (Å²) in [6, 6.07) is 4.79. The molecule has 0 N–H and O–H groups in total. The van der Waals surface area contributed by atoms with Crippen LogP contribution in [0.1, 0.15) is 37.0 Å². The Morgan fingerprint density at radius 2 is 1.37 bits per heavy atom. The molecule has 2 bridgehead atoms. The van der Waals surface area contributed by atoms with Gasteiger partial charge < -0.3 is 18.9 Å². The van der Waals surface area contributed by atoms with E-state index in [1.54, 1.807) is 43.1 Å². The number of ether oxygens (including phenoxy) is 4. The second-order valence-corrected chi connectivity index (χ2v) is 11.9. The van der Waals surface area contributed by atoms with Crippen molar-refractivity contribution in [2.45, 2.75) is 56.9 Å². The molecule has 238 valence electrons. The number of nitrogens with zero attached hydrogens (tertiary/aromatic N) is 3. The first-order chi connectivity index (χ1) is 22.0. The summed E-state index contributed by atoms with van der Waals surface area (Å²) in [6.07, 6.45) is 0.127. The lowest BCUT2D eigenvalue weighted by molar-refractivity contribution is -0.126. The van der Waals surface area contributed by atoms with Crippen LogP contribution in [0.15, 0.2) is 69.2 Å². The Kier molecular flexibility index (Phi) is 7.78. The van der Waals surface area contributed by atoms with Gasteiger partial charge in [0.1, 0.15) is 18.4 Å². The van der Waals surface area contributed by atoms with Crippen LogP contribution in [0, 0.1) is 11.3 Å². The van der Waals surface area contributed by atoms with Crippen LogP contribution in [0.3, 0.4) is 0 Å². The van der Waals surface area contributed by atoms with Crippen molar-refractivity contribution in [1.29, 1.82) is 5.26 Å². The van der Waals surface area contributed by atoms with E-state index in [-0.39, 0.29) is 70.2 Å². The summed E-state index contributed by atoms with van der Waals surface area (Å²) in [5, 5.41) is 10.6. The van der Waals surface area contributed by atoms with Gasteiger partial charge in [0.2, 0.25) is 11.6 Å². The van der Waals surface area contributed by atoms with Crippen LogP contribution in [0.4, 0.5) is 0 Å². The molecule has 0 radical (unpaired) electrons. The summed E-state index contributed by atoms with van der Waals surface area (Å²) in [4.78, 5) is 72.2. The van der Waals surface area contributed by atoms with Crippen molar-refractivity contribution in [3.05, 3.63) is 74.8 Å².